The normalized spacial score (nSPS) is 46.0. The maximum atomic E-state index is 10.7. The zero-order valence-corrected chi connectivity index (χ0v) is 13.9. The van der Waals surface area contributed by atoms with E-state index >= 15 is 0 Å². The van der Waals surface area contributed by atoms with Crippen LogP contribution in [0.5, 0.6) is 0 Å². The van der Waals surface area contributed by atoms with E-state index in [1.807, 2.05) is 0 Å². The number of ether oxygens (including phenoxy) is 1. The van der Waals surface area contributed by atoms with Gasteiger partial charge < -0.3 is 9.84 Å². The summed E-state index contributed by atoms with van der Waals surface area (Å²) < 4.78 is 6.43. The van der Waals surface area contributed by atoms with Crippen molar-refractivity contribution in [3.05, 3.63) is 23.3 Å². The van der Waals surface area contributed by atoms with Crippen LogP contribution in [-0.2, 0) is 4.74 Å². The van der Waals surface area contributed by atoms with Crippen LogP contribution in [0.3, 0.4) is 0 Å². The molecule has 0 aromatic carbocycles. The quantitative estimate of drug-likeness (QED) is 0.737. The van der Waals surface area contributed by atoms with Crippen molar-refractivity contribution in [3.63, 3.8) is 0 Å². The molecule has 2 bridgehead atoms. The molecule has 0 saturated carbocycles. The first-order valence-corrected chi connectivity index (χ1v) is 8.65. The van der Waals surface area contributed by atoms with Crippen molar-refractivity contribution in [2.45, 2.75) is 71.7 Å². The van der Waals surface area contributed by atoms with Gasteiger partial charge in [0.25, 0.3) is 0 Å². The van der Waals surface area contributed by atoms with Gasteiger partial charge in [0.2, 0.25) is 0 Å². The number of allylic oxidation sites excluding steroid dienone is 2. The molecule has 1 aliphatic carbocycles. The molecule has 3 rings (SSSR count). The zero-order valence-electron chi connectivity index (χ0n) is 13.9. The van der Waals surface area contributed by atoms with E-state index in [4.69, 9.17) is 4.74 Å². The lowest BCUT2D eigenvalue weighted by atomic mass is 9.64. The van der Waals surface area contributed by atoms with E-state index in [0.29, 0.717) is 23.7 Å². The topological polar surface area (TPSA) is 29.5 Å². The Bertz CT molecular complexity index is 448. The van der Waals surface area contributed by atoms with Crippen LogP contribution in [0.25, 0.3) is 0 Å². The Labute approximate surface area is 129 Å². The predicted octanol–water partition coefficient (Wildman–Crippen LogP) is 4.10. The van der Waals surface area contributed by atoms with Gasteiger partial charge in [0, 0.05) is 11.8 Å². The van der Waals surface area contributed by atoms with Crippen molar-refractivity contribution in [1.29, 1.82) is 0 Å². The van der Waals surface area contributed by atoms with Crippen molar-refractivity contribution in [2.75, 3.05) is 0 Å². The van der Waals surface area contributed by atoms with E-state index in [-0.39, 0.29) is 18.3 Å². The highest BCUT2D eigenvalue weighted by Gasteiger charge is 2.52. The fourth-order valence-electron chi connectivity index (χ4n) is 4.86. The van der Waals surface area contributed by atoms with Gasteiger partial charge in [0.05, 0.1) is 18.3 Å². The third kappa shape index (κ3) is 2.73. The second-order valence-electron chi connectivity index (χ2n) is 7.73. The molecule has 0 radical (unpaired) electrons. The molecular weight excluding hydrogens is 260 g/mol. The SMILES string of the molecule is CC1=CC[C@H](C(C)C)[C@H]2[C@H]3O[C@H](C/C(C)=C/CC[C@H]3O)[C@@H]12. The van der Waals surface area contributed by atoms with Gasteiger partial charge in [-0.2, -0.15) is 0 Å². The molecule has 2 heteroatoms. The summed E-state index contributed by atoms with van der Waals surface area (Å²) in [5.74, 6) is 2.30. The number of rotatable bonds is 1. The molecule has 1 fully saturated rings. The molecule has 0 unspecified atom stereocenters. The van der Waals surface area contributed by atoms with E-state index in [1.165, 1.54) is 11.1 Å². The van der Waals surface area contributed by atoms with Gasteiger partial charge in [-0.15, -0.1) is 0 Å². The van der Waals surface area contributed by atoms with Crippen molar-refractivity contribution in [1.82, 2.24) is 0 Å². The first kappa shape index (κ1) is 15.3. The number of hydrogen-bond donors (Lipinski definition) is 1. The van der Waals surface area contributed by atoms with Crippen molar-refractivity contribution in [3.8, 4) is 0 Å². The first-order chi connectivity index (χ1) is 9.99. The molecule has 0 aromatic heterocycles. The summed E-state index contributed by atoms with van der Waals surface area (Å²) >= 11 is 0. The van der Waals surface area contributed by atoms with Crippen LogP contribution in [-0.4, -0.2) is 23.4 Å². The Morgan fingerprint density at radius 2 is 2.00 bits per heavy atom. The minimum Gasteiger partial charge on any atom is -0.390 e. The molecule has 0 spiro atoms. The van der Waals surface area contributed by atoms with Gasteiger partial charge in [-0.25, -0.2) is 0 Å². The fraction of sp³-hybridized carbons (Fsp3) is 0.789. The number of aliphatic hydroxyl groups excluding tert-OH is 1. The van der Waals surface area contributed by atoms with Crippen LogP contribution in [0.15, 0.2) is 23.3 Å². The summed E-state index contributed by atoms with van der Waals surface area (Å²) in [5.41, 5.74) is 2.91. The highest BCUT2D eigenvalue weighted by atomic mass is 16.5. The van der Waals surface area contributed by atoms with Crippen LogP contribution >= 0.6 is 0 Å². The maximum absolute atomic E-state index is 10.7. The van der Waals surface area contributed by atoms with Gasteiger partial charge in [0.15, 0.2) is 0 Å². The maximum Gasteiger partial charge on any atom is 0.0875 e. The largest absolute Gasteiger partial charge is 0.390 e. The summed E-state index contributed by atoms with van der Waals surface area (Å²) in [6.45, 7) is 9.13. The summed E-state index contributed by atoms with van der Waals surface area (Å²) in [4.78, 5) is 0. The van der Waals surface area contributed by atoms with Gasteiger partial charge in [-0.1, -0.05) is 37.1 Å². The number of fused-ring (bicyclic) bond motifs is 5. The van der Waals surface area contributed by atoms with Crippen molar-refractivity contribution < 1.29 is 9.84 Å². The molecule has 1 saturated heterocycles. The van der Waals surface area contributed by atoms with Crippen molar-refractivity contribution in [2.24, 2.45) is 23.7 Å². The zero-order chi connectivity index (χ0) is 15.1. The third-order valence-electron chi connectivity index (χ3n) is 5.97. The minimum absolute atomic E-state index is 0.0374. The van der Waals surface area contributed by atoms with E-state index in [1.54, 1.807) is 0 Å². The van der Waals surface area contributed by atoms with Crippen LogP contribution < -0.4 is 0 Å². The smallest absolute Gasteiger partial charge is 0.0875 e. The Hall–Kier alpha value is -0.600. The van der Waals surface area contributed by atoms with Crippen LogP contribution in [0.4, 0.5) is 0 Å². The van der Waals surface area contributed by atoms with Gasteiger partial charge in [-0.05, 0) is 51.4 Å². The predicted molar refractivity (Wildman–Crippen MR) is 86.0 cm³/mol. The number of hydrogen-bond acceptors (Lipinski definition) is 2. The standard InChI is InChI=1S/C19H30O2/c1-11(2)14-9-8-13(4)17-16-10-12(3)6-5-7-15(20)19(21-16)18(14)17/h6,8,11,14-20H,5,7,9-10H2,1-4H3/b12-6+/t14-,15-,16-,17-,18-,19+/m1/s1. The molecule has 0 amide bonds. The molecular formula is C19H30O2. The summed E-state index contributed by atoms with van der Waals surface area (Å²) in [6.07, 6.45) is 8.73. The second-order valence-corrected chi connectivity index (χ2v) is 7.73. The molecule has 2 heterocycles. The monoisotopic (exact) mass is 290 g/mol. The summed E-state index contributed by atoms with van der Waals surface area (Å²) in [5, 5.41) is 10.7. The first-order valence-electron chi connectivity index (χ1n) is 8.65. The molecule has 2 nitrogen and oxygen atoms in total. The van der Waals surface area contributed by atoms with E-state index < -0.39 is 0 Å². The van der Waals surface area contributed by atoms with Crippen LogP contribution in [0.1, 0.15) is 53.4 Å². The Morgan fingerprint density at radius 3 is 2.71 bits per heavy atom. The average Bonchev–Trinajstić information content (AvgIpc) is 2.80. The lowest BCUT2D eigenvalue weighted by Crippen LogP contribution is -2.40. The van der Waals surface area contributed by atoms with Crippen molar-refractivity contribution >= 4 is 0 Å². The molecule has 3 aliphatic rings. The summed E-state index contributed by atoms with van der Waals surface area (Å²) in [7, 11) is 0. The van der Waals surface area contributed by atoms with Gasteiger partial charge in [-0.3, -0.25) is 0 Å². The fourth-order valence-corrected chi connectivity index (χ4v) is 4.86. The molecule has 6 atom stereocenters. The Kier molecular flexibility index (Phi) is 4.29. The average molecular weight is 290 g/mol. The highest BCUT2D eigenvalue weighted by Crippen LogP contribution is 2.51. The lowest BCUT2D eigenvalue weighted by Gasteiger charge is -2.39. The Balaban J connectivity index is 1.98. The van der Waals surface area contributed by atoms with Crippen LogP contribution in [0, 0.1) is 23.7 Å². The van der Waals surface area contributed by atoms with Crippen LogP contribution in [0.2, 0.25) is 0 Å². The highest BCUT2D eigenvalue weighted by molar-refractivity contribution is 5.20. The van der Waals surface area contributed by atoms with E-state index in [0.717, 1.165) is 25.7 Å². The van der Waals surface area contributed by atoms with Gasteiger partial charge >= 0.3 is 0 Å². The second kappa shape index (κ2) is 5.89. The Morgan fingerprint density at radius 1 is 1.24 bits per heavy atom. The third-order valence-corrected chi connectivity index (χ3v) is 5.97. The molecule has 21 heavy (non-hydrogen) atoms. The molecule has 0 aromatic rings. The molecule has 118 valence electrons. The van der Waals surface area contributed by atoms with E-state index in [9.17, 15) is 5.11 Å². The number of aliphatic hydroxyl groups is 1. The molecule has 1 N–H and O–H groups in total. The van der Waals surface area contributed by atoms with Gasteiger partial charge in [0.1, 0.15) is 0 Å². The summed E-state index contributed by atoms with van der Waals surface area (Å²) in [6, 6.07) is 0. The lowest BCUT2D eigenvalue weighted by molar-refractivity contribution is -0.0573. The van der Waals surface area contributed by atoms with E-state index in [2.05, 4.69) is 39.8 Å². The molecule has 2 aliphatic heterocycles. The minimum atomic E-state index is -0.309.